The molecular weight excluding hydrogens is 272 g/mol. The minimum Gasteiger partial charge on any atom is -0.494 e. The Morgan fingerprint density at radius 3 is 2.43 bits per heavy atom. The van der Waals surface area contributed by atoms with Crippen LogP contribution in [0.4, 0.5) is 8.78 Å². The Morgan fingerprint density at radius 1 is 1.05 bits per heavy atom. The molecular formula is C17H15F2NO. The van der Waals surface area contributed by atoms with E-state index in [2.05, 4.69) is 6.07 Å². The van der Waals surface area contributed by atoms with Crippen molar-refractivity contribution in [2.75, 3.05) is 6.61 Å². The largest absolute Gasteiger partial charge is 0.494 e. The summed E-state index contributed by atoms with van der Waals surface area (Å²) in [5.74, 6) is -0.575. The van der Waals surface area contributed by atoms with Crippen LogP contribution in [0.15, 0.2) is 48.5 Å². The van der Waals surface area contributed by atoms with Gasteiger partial charge in [0.05, 0.1) is 18.6 Å². The quantitative estimate of drug-likeness (QED) is 0.736. The number of halogens is 2. The zero-order valence-corrected chi connectivity index (χ0v) is 11.4. The van der Waals surface area contributed by atoms with Crippen LogP contribution in [0.5, 0.6) is 5.75 Å². The van der Waals surface area contributed by atoms with Crippen LogP contribution in [-0.2, 0) is 0 Å². The van der Waals surface area contributed by atoms with Crippen molar-refractivity contribution in [2.24, 2.45) is 0 Å². The van der Waals surface area contributed by atoms with Gasteiger partial charge in [0.15, 0.2) is 0 Å². The van der Waals surface area contributed by atoms with Crippen molar-refractivity contribution in [1.29, 1.82) is 5.26 Å². The molecule has 21 heavy (non-hydrogen) atoms. The van der Waals surface area contributed by atoms with E-state index in [0.717, 1.165) is 0 Å². The summed E-state index contributed by atoms with van der Waals surface area (Å²) in [6.45, 7) is 0.401. The van der Waals surface area contributed by atoms with E-state index in [-0.39, 0.29) is 11.6 Å². The minimum absolute atomic E-state index is 0.313. The molecule has 2 aromatic carbocycles. The van der Waals surface area contributed by atoms with Crippen LogP contribution >= 0.6 is 0 Å². The van der Waals surface area contributed by atoms with Gasteiger partial charge in [-0.3, -0.25) is 0 Å². The predicted octanol–water partition coefficient (Wildman–Crippen LogP) is 4.43. The number of hydrogen-bond donors (Lipinski definition) is 0. The summed E-state index contributed by atoms with van der Waals surface area (Å²) in [6, 6.07) is 14.2. The molecule has 0 radical (unpaired) electrons. The lowest BCUT2D eigenvalue weighted by Crippen LogP contribution is -2.03. The van der Waals surface area contributed by atoms with E-state index < -0.39 is 5.92 Å². The standard InChI is InChI=1S/C17H15F2NO/c18-14-7-9-15(10-8-14)21-11-3-4-13(12-20)16-5-1-2-6-17(16)19/h1-2,5-10,13H,3-4,11H2. The van der Waals surface area contributed by atoms with E-state index >= 15 is 0 Å². The fourth-order valence-corrected chi connectivity index (χ4v) is 2.06. The van der Waals surface area contributed by atoms with Crippen LogP contribution in [0.2, 0.25) is 0 Å². The molecule has 0 aromatic heterocycles. The molecule has 0 spiro atoms. The smallest absolute Gasteiger partial charge is 0.127 e. The van der Waals surface area contributed by atoms with E-state index in [9.17, 15) is 8.78 Å². The van der Waals surface area contributed by atoms with Gasteiger partial charge in [-0.15, -0.1) is 0 Å². The zero-order chi connectivity index (χ0) is 15.1. The summed E-state index contributed by atoms with van der Waals surface area (Å²) >= 11 is 0. The highest BCUT2D eigenvalue weighted by Gasteiger charge is 2.14. The number of ether oxygens (including phenoxy) is 1. The van der Waals surface area contributed by atoms with Crippen LogP contribution < -0.4 is 4.74 Å². The molecule has 1 unspecified atom stereocenters. The summed E-state index contributed by atoms with van der Waals surface area (Å²) in [6.07, 6.45) is 1.13. The van der Waals surface area contributed by atoms with Gasteiger partial charge in [-0.2, -0.15) is 5.26 Å². The first-order valence-corrected chi connectivity index (χ1v) is 6.73. The molecule has 0 bridgehead atoms. The van der Waals surface area contributed by atoms with Crippen LogP contribution in [-0.4, -0.2) is 6.61 Å². The van der Waals surface area contributed by atoms with Gasteiger partial charge >= 0.3 is 0 Å². The molecule has 108 valence electrons. The van der Waals surface area contributed by atoms with E-state index in [1.54, 1.807) is 30.3 Å². The molecule has 2 nitrogen and oxygen atoms in total. The SMILES string of the molecule is N#CC(CCCOc1ccc(F)cc1)c1ccccc1F. The first-order valence-electron chi connectivity index (χ1n) is 6.73. The Balaban J connectivity index is 1.83. The van der Waals surface area contributed by atoms with Gasteiger partial charge < -0.3 is 4.74 Å². The molecule has 0 N–H and O–H groups in total. The average Bonchev–Trinajstić information content (AvgIpc) is 2.50. The second kappa shape index (κ2) is 7.39. The van der Waals surface area contributed by atoms with E-state index in [0.29, 0.717) is 30.8 Å². The average molecular weight is 287 g/mol. The van der Waals surface area contributed by atoms with Crippen molar-refractivity contribution < 1.29 is 13.5 Å². The van der Waals surface area contributed by atoms with Crippen LogP contribution in [0.25, 0.3) is 0 Å². The fraction of sp³-hybridized carbons (Fsp3) is 0.235. The second-order valence-corrected chi connectivity index (χ2v) is 4.65. The van der Waals surface area contributed by atoms with E-state index in [1.807, 2.05) is 0 Å². The summed E-state index contributed by atoms with van der Waals surface area (Å²) in [4.78, 5) is 0. The topological polar surface area (TPSA) is 33.0 Å². The number of nitriles is 1. The van der Waals surface area contributed by atoms with Crippen LogP contribution in [0.3, 0.4) is 0 Å². The highest BCUT2D eigenvalue weighted by molar-refractivity contribution is 5.26. The number of nitrogens with zero attached hydrogens (tertiary/aromatic N) is 1. The van der Waals surface area contributed by atoms with Crippen molar-refractivity contribution in [3.8, 4) is 11.8 Å². The molecule has 0 heterocycles. The van der Waals surface area contributed by atoms with Gasteiger partial charge in [0.1, 0.15) is 17.4 Å². The summed E-state index contributed by atoms with van der Waals surface area (Å²) in [5.41, 5.74) is 0.418. The third kappa shape index (κ3) is 4.28. The molecule has 2 rings (SSSR count). The lowest BCUT2D eigenvalue weighted by atomic mass is 9.95. The maximum absolute atomic E-state index is 13.6. The van der Waals surface area contributed by atoms with Crippen LogP contribution in [0.1, 0.15) is 24.3 Å². The van der Waals surface area contributed by atoms with Crippen molar-refractivity contribution in [3.05, 3.63) is 65.7 Å². The van der Waals surface area contributed by atoms with Crippen LogP contribution in [0, 0.1) is 23.0 Å². The highest BCUT2D eigenvalue weighted by Crippen LogP contribution is 2.23. The zero-order valence-electron chi connectivity index (χ0n) is 11.4. The first kappa shape index (κ1) is 15.0. The fourth-order valence-electron chi connectivity index (χ4n) is 2.06. The maximum Gasteiger partial charge on any atom is 0.127 e. The maximum atomic E-state index is 13.6. The van der Waals surface area contributed by atoms with Crippen molar-refractivity contribution in [1.82, 2.24) is 0 Å². The Labute approximate surface area is 122 Å². The summed E-state index contributed by atoms with van der Waals surface area (Å²) < 4.78 is 31.8. The van der Waals surface area contributed by atoms with Crippen molar-refractivity contribution in [2.45, 2.75) is 18.8 Å². The number of hydrogen-bond acceptors (Lipinski definition) is 2. The second-order valence-electron chi connectivity index (χ2n) is 4.65. The third-order valence-electron chi connectivity index (χ3n) is 3.16. The Hall–Kier alpha value is -2.41. The molecule has 0 saturated carbocycles. The normalized spacial score (nSPS) is 11.7. The van der Waals surface area contributed by atoms with Gasteiger partial charge in [-0.05, 0) is 43.2 Å². The third-order valence-corrected chi connectivity index (χ3v) is 3.16. The van der Waals surface area contributed by atoms with Crippen molar-refractivity contribution in [3.63, 3.8) is 0 Å². The predicted molar refractivity (Wildman–Crippen MR) is 75.9 cm³/mol. The Morgan fingerprint density at radius 2 is 1.76 bits per heavy atom. The van der Waals surface area contributed by atoms with Gasteiger partial charge in [0.25, 0.3) is 0 Å². The number of benzene rings is 2. The molecule has 0 saturated heterocycles. The molecule has 0 aliphatic rings. The molecule has 4 heteroatoms. The molecule has 2 aromatic rings. The molecule has 0 fully saturated rings. The molecule has 0 aliphatic carbocycles. The van der Waals surface area contributed by atoms with E-state index in [1.165, 1.54) is 18.2 Å². The minimum atomic E-state index is -0.483. The Kier molecular flexibility index (Phi) is 5.28. The van der Waals surface area contributed by atoms with Crippen molar-refractivity contribution >= 4 is 0 Å². The first-order chi connectivity index (χ1) is 10.2. The summed E-state index contributed by atoms with van der Waals surface area (Å²) in [7, 11) is 0. The number of rotatable bonds is 6. The van der Waals surface area contributed by atoms with E-state index in [4.69, 9.17) is 10.00 Å². The highest BCUT2D eigenvalue weighted by atomic mass is 19.1. The molecule has 0 amide bonds. The van der Waals surface area contributed by atoms with Gasteiger partial charge in [-0.1, -0.05) is 18.2 Å². The monoisotopic (exact) mass is 287 g/mol. The Bertz CT molecular complexity index is 619. The van der Waals surface area contributed by atoms with Gasteiger partial charge in [0.2, 0.25) is 0 Å². The molecule has 1 atom stereocenters. The van der Waals surface area contributed by atoms with Gasteiger partial charge in [-0.25, -0.2) is 8.78 Å². The molecule has 0 aliphatic heterocycles. The summed E-state index contributed by atoms with van der Waals surface area (Å²) in [5, 5.41) is 9.15. The lowest BCUT2D eigenvalue weighted by molar-refractivity contribution is 0.304. The van der Waals surface area contributed by atoms with Gasteiger partial charge in [0, 0.05) is 5.56 Å². The lowest BCUT2D eigenvalue weighted by Gasteiger charge is -2.11.